The fourth-order valence-electron chi connectivity index (χ4n) is 2.31. The van der Waals surface area contributed by atoms with Crippen molar-refractivity contribution in [3.8, 4) is 22.6 Å². The molecule has 0 aromatic heterocycles. The molecule has 0 heterocycles. The van der Waals surface area contributed by atoms with Crippen molar-refractivity contribution >= 4 is 0 Å². The van der Waals surface area contributed by atoms with Crippen molar-refractivity contribution in [3.05, 3.63) is 47.5 Å². The van der Waals surface area contributed by atoms with E-state index in [1.54, 1.807) is 14.2 Å². The van der Waals surface area contributed by atoms with Crippen LogP contribution in [0.25, 0.3) is 11.1 Å². The highest BCUT2D eigenvalue weighted by atomic mass is 16.5. The third-order valence-electron chi connectivity index (χ3n) is 3.33. The SMILES string of the molecule is CNCc1ccc(C)cc1-c1ccc(OC)cc1OC. The van der Waals surface area contributed by atoms with Gasteiger partial charge in [-0.1, -0.05) is 23.8 Å². The molecule has 0 atom stereocenters. The molecule has 0 saturated carbocycles. The summed E-state index contributed by atoms with van der Waals surface area (Å²) >= 11 is 0. The maximum atomic E-state index is 5.51. The predicted molar refractivity (Wildman–Crippen MR) is 82.5 cm³/mol. The summed E-state index contributed by atoms with van der Waals surface area (Å²) in [5.41, 5.74) is 4.76. The van der Waals surface area contributed by atoms with Gasteiger partial charge in [-0.25, -0.2) is 0 Å². The molecular formula is C17H21NO2. The minimum absolute atomic E-state index is 0.799. The van der Waals surface area contributed by atoms with E-state index in [1.807, 2.05) is 25.2 Å². The lowest BCUT2D eigenvalue weighted by molar-refractivity contribution is 0.395. The zero-order valence-electron chi connectivity index (χ0n) is 12.5. The molecule has 0 aliphatic heterocycles. The lowest BCUT2D eigenvalue weighted by Crippen LogP contribution is -2.06. The molecule has 0 aliphatic rings. The molecule has 3 nitrogen and oxygen atoms in total. The maximum Gasteiger partial charge on any atom is 0.130 e. The monoisotopic (exact) mass is 271 g/mol. The first-order valence-electron chi connectivity index (χ1n) is 6.66. The molecule has 0 aliphatic carbocycles. The van der Waals surface area contributed by atoms with Gasteiger partial charge in [0, 0.05) is 18.2 Å². The van der Waals surface area contributed by atoms with Gasteiger partial charge in [-0.05, 0) is 37.2 Å². The van der Waals surface area contributed by atoms with Gasteiger partial charge in [-0.15, -0.1) is 0 Å². The number of hydrogen-bond acceptors (Lipinski definition) is 3. The largest absolute Gasteiger partial charge is 0.497 e. The summed E-state index contributed by atoms with van der Waals surface area (Å²) in [5, 5.41) is 3.21. The molecule has 3 heteroatoms. The number of rotatable bonds is 5. The van der Waals surface area contributed by atoms with Crippen LogP contribution in [-0.2, 0) is 6.54 Å². The highest BCUT2D eigenvalue weighted by Gasteiger charge is 2.11. The number of benzene rings is 2. The third kappa shape index (κ3) is 2.94. The zero-order valence-corrected chi connectivity index (χ0v) is 12.5. The molecule has 0 radical (unpaired) electrons. The summed E-state index contributed by atoms with van der Waals surface area (Å²) in [5.74, 6) is 1.63. The second kappa shape index (κ2) is 6.44. The van der Waals surface area contributed by atoms with Crippen molar-refractivity contribution in [2.45, 2.75) is 13.5 Å². The van der Waals surface area contributed by atoms with Gasteiger partial charge in [0.25, 0.3) is 0 Å². The van der Waals surface area contributed by atoms with Crippen molar-refractivity contribution < 1.29 is 9.47 Å². The molecule has 0 amide bonds. The topological polar surface area (TPSA) is 30.5 Å². The maximum absolute atomic E-state index is 5.51. The van der Waals surface area contributed by atoms with Gasteiger partial charge in [0.2, 0.25) is 0 Å². The van der Waals surface area contributed by atoms with Crippen LogP contribution in [0.1, 0.15) is 11.1 Å². The summed E-state index contributed by atoms with van der Waals surface area (Å²) in [7, 11) is 5.30. The highest BCUT2D eigenvalue weighted by molar-refractivity contribution is 5.75. The first kappa shape index (κ1) is 14.4. The molecule has 106 valence electrons. The van der Waals surface area contributed by atoms with Crippen LogP contribution < -0.4 is 14.8 Å². The van der Waals surface area contributed by atoms with Crippen LogP contribution in [-0.4, -0.2) is 21.3 Å². The van der Waals surface area contributed by atoms with Crippen LogP contribution in [0.15, 0.2) is 36.4 Å². The summed E-state index contributed by atoms with van der Waals surface area (Å²) in [6, 6.07) is 12.4. The first-order valence-corrected chi connectivity index (χ1v) is 6.66. The Bertz CT molecular complexity index is 594. The van der Waals surface area contributed by atoms with Gasteiger partial charge in [0.15, 0.2) is 0 Å². The van der Waals surface area contributed by atoms with Crippen LogP contribution in [0.2, 0.25) is 0 Å². The Morgan fingerprint density at radius 3 is 2.40 bits per heavy atom. The van der Waals surface area contributed by atoms with Gasteiger partial charge in [0.1, 0.15) is 11.5 Å². The summed E-state index contributed by atoms with van der Waals surface area (Å²) in [4.78, 5) is 0. The number of hydrogen-bond donors (Lipinski definition) is 1. The number of ether oxygens (including phenoxy) is 2. The number of methoxy groups -OCH3 is 2. The lowest BCUT2D eigenvalue weighted by atomic mass is 9.96. The van der Waals surface area contributed by atoms with Crippen molar-refractivity contribution in [3.63, 3.8) is 0 Å². The molecular weight excluding hydrogens is 250 g/mol. The number of aryl methyl sites for hydroxylation is 1. The molecule has 0 spiro atoms. The first-order chi connectivity index (χ1) is 9.69. The van der Waals surface area contributed by atoms with E-state index in [9.17, 15) is 0 Å². The highest BCUT2D eigenvalue weighted by Crippen LogP contribution is 2.35. The molecule has 2 aromatic carbocycles. The van der Waals surface area contributed by atoms with E-state index in [0.29, 0.717) is 0 Å². The average molecular weight is 271 g/mol. The van der Waals surface area contributed by atoms with E-state index in [2.05, 4.69) is 30.4 Å². The van der Waals surface area contributed by atoms with E-state index < -0.39 is 0 Å². The molecule has 2 rings (SSSR count). The Morgan fingerprint density at radius 2 is 1.75 bits per heavy atom. The van der Waals surface area contributed by atoms with E-state index in [0.717, 1.165) is 23.6 Å². The number of nitrogens with one attached hydrogen (secondary N) is 1. The molecule has 0 unspecified atom stereocenters. The summed E-state index contributed by atoms with van der Waals surface area (Å²) in [6.07, 6.45) is 0. The second-order valence-electron chi connectivity index (χ2n) is 4.76. The van der Waals surface area contributed by atoms with Crippen molar-refractivity contribution in [1.82, 2.24) is 5.32 Å². The molecule has 0 saturated heterocycles. The summed E-state index contributed by atoms with van der Waals surface area (Å²) < 4.78 is 10.8. The molecule has 2 aromatic rings. The zero-order chi connectivity index (χ0) is 14.5. The summed E-state index contributed by atoms with van der Waals surface area (Å²) in [6.45, 7) is 2.92. The van der Waals surface area contributed by atoms with Gasteiger partial charge >= 0.3 is 0 Å². The van der Waals surface area contributed by atoms with E-state index in [1.165, 1.54) is 16.7 Å². The van der Waals surface area contributed by atoms with E-state index >= 15 is 0 Å². The van der Waals surface area contributed by atoms with Gasteiger partial charge in [0.05, 0.1) is 14.2 Å². The molecule has 0 fully saturated rings. The van der Waals surface area contributed by atoms with E-state index in [4.69, 9.17) is 9.47 Å². The predicted octanol–water partition coefficient (Wildman–Crippen LogP) is 3.40. The van der Waals surface area contributed by atoms with Crippen LogP contribution >= 0.6 is 0 Å². The van der Waals surface area contributed by atoms with Gasteiger partial charge < -0.3 is 14.8 Å². The van der Waals surface area contributed by atoms with Gasteiger partial charge in [-0.3, -0.25) is 0 Å². The molecule has 0 bridgehead atoms. The van der Waals surface area contributed by atoms with Crippen molar-refractivity contribution in [2.75, 3.05) is 21.3 Å². The van der Waals surface area contributed by atoms with Crippen LogP contribution in [0.4, 0.5) is 0 Å². The standard InChI is InChI=1S/C17H21NO2/c1-12-5-6-13(11-18-2)16(9-12)15-8-7-14(19-3)10-17(15)20-4/h5-10,18H,11H2,1-4H3. The second-order valence-corrected chi connectivity index (χ2v) is 4.76. The Kier molecular flexibility index (Phi) is 4.64. The quantitative estimate of drug-likeness (QED) is 0.904. The van der Waals surface area contributed by atoms with Crippen LogP contribution in [0.5, 0.6) is 11.5 Å². The van der Waals surface area contributed by atoms with Crippen molar-refractivity contribution in [2.24, 2.45) is 0 Å². The van der Waals surface area contributed by atoms with Crippen LogP contribution in [0.3, 0.4) is 0 Å². The Morgan fingerprint density at radius 1 is 0.950 bits per heavy atom. The van der Waals surface area contributed by atoms with E-state index in [-0.39, 0.29) is 0 Å². The fourth-order valence-corrected chi connectivity index (χ4v) is 2.31. The fraction of sp³-hybridized carbons (Fsp3) is 0.294. The Hall–Kier alpha value is -2.00. The molecule has 20 heavy (non-hydrogen) atoms. The average Bonchev–Trinajstić information content (AvgIpc) is 2.48. The van der Waals surface area contributed by atoms with Crippen molar-refractivity contribution in [1.29, 1.82) is 0 Å². The van der Waals surface area contributed by atoms with Crippen LogP contribution in [0, 0.1) is 6.92 Å². The normalized spacial score (nSPS) is 10.4. The molecule has 1 N–H and O–H groups in total. The Balaban J connectivity index is 2.57. The minimum atomic E-state index is 0.799. The lowest BCUT2D eigenvalue weighted by Gasteiger charge is -2.15. The Labute approximate surface area is 120 Å². The smallest absolute Gasteiger partial charge is 0.130 e. The third-order valence-corrected chi connectivity index (χ3v) is 3.33. The minimum Gasteiger partial charge on any atom is -0.497 e. The van der Waals surface area contributed by atoms with Gasteiger partial charge in [-0.2, -0.15) is 0 Å².